The number of primary amides is 1. The highest BCUT2D eigenvalue weighted by atomic mass is 16.3. The number of nitrogens with zero attached hydrogens (tertiary/aromatic N) is 1. The van der Waals surface area contributed by atoms with Gasteiger partial charge in [0.25, 0.3) is 0 Å². The first-order valence-electron chi connectivity index (χ1n) is 5.89. The lowest BCUT2D eigenvalue weighted by molar-refractivity contribution is 0.1000. The van der Waals surface area contributed by atoms with E-state index in [0.717, 1.165) is 5.56 Å². The van der Waals surface area contributed by atoms with Crippen molar-refractivity contribution in [2.75, 3.05) is 11.9 Å². The van der Waals surface area contributed by atoms with Crippen molar-refractivity contribution < 1.29 is 9.90 Å². The number of hydrogen-bond donors (Lipinski definition) is 3. The Labute approximate surface area is 111 Å². The van der Waals surface area contributed by atoms with Crippen LogP contribution in [0.1, 0.15) is 22.0 Å². The summed E-state index contributed by atoms with van der Waals surface area (Å²) in [6, 6.07) is 12.6. The Kier molecular flexibility index (Phi) is 4.10. The zero-order chi connectivity index (χ0) is 13.7. The first-order chi connectivity index (χ1) is 9.16. The molecule has 0 bridgehead atoms. The van der Waals surface area contributed by atoms with Gasteiger partial charge in [0, 0.05) is 12.7 Å². The fourth-order valence-corrected chi connectivity index (χ4v) is 1.64. The molecule has 1 heterocycles. The Bertz CT molecular complexity index is 540. The van der Waals surface area contributed by atoms with Crippen molar-refractivity contribution in [2.45, 2.75) is 6.10 Å². The van der Waals surface area contributed by atoms with Crippen LogP contribution in [0.4, 0.5) is 5.82 Å². The number of benzene rings is 1. The molecule has 1 aromatic carbocycles. The minimum Gasteiger partial charge on any atom is -0.387 e. The van der Waals surface area contributed by atoms with Crippen LogP contribution in [0.3, 0.4) is 0 Å². The number of hydrogen-bond acceptors (Lipinski definition) is 4. The number of nitrogens with two attached hydrogens (primary N) is 1. The van der Waals surface area contributed by atoms with Gasteiger partial charge in [0.15, 0.2) is 0 Å². The Hall–Kier alpha value is -2.40. The second kappa shape index (κ2) is 5.97. The predicted octanol–water partition coefficient (Wildman–Crippen LogP) is 1.33. The van der Waals surface area contributed by atoms with Crippen molar-refractivity contribution in [3.63, 3.8) is 0 Å². The Balaban J connectivity index is 1.93. The molecule has 0 saturated heterocycles. The highest BCUT2D eigenvalue weighted by Gasteiger charge is 2.07. The summed E-state index contributed by atoms with van der Waals surface area (Å²) >= 11 is 0. The SMILES string of the molecule is NC(=O)c1ccc(NCC(O)c2ccccc2)nc1. The Morgan fingerprint density at radius 2 is 2.00 bits per heavy atom. The Morgan fingerprint density at radius 3 is 2.58 bits per heavy atom. The molecule has 4 N–H and O–H groups in total. The number of rotatable bonds is 5. The molecule has 1 atom stereocenters. The standard InChI is InChI=1S/C14H15N3O2/c15-14(19)11-6-7-13(16-8-11)17-9-12(18)10-4-2-1-3-5-10/h1-8,12,18H,9H2,(H2,15,19)(H,16,17). The zero-order valence-corrected chi connectivity index (χ0v) is 10.3. The van der Waals surface area contributed by atoms with Gasteiger partial charge in [0.2, 0.25) is 5.91 Å². The first kappa shape index (κ1) is 13.0. The van der Waals surface area contributed by atoms with Crippen molar-refractivity contribution in [1.82, 2.24) is 4.98 Å². The quantitative estimate of drug-likeness (QED) is 0.754. The lowest BCUT2D eigenvalue weighted by Crippen LogP contribution is -2.14. The molecule has 5 nitrogen and oxygen atoms in total. The number of aliphatic hydroxyl groups is 1. The summed E-state index contributed by atoms with van der Waals surface area (Å²) in [5.41, 5.74) is 6.32. The van der Waals surface area contributed by atoms with Gasteiger partial charge in [-0.3, -0.25) is 4.79 Å². The number of aromatic nitrogens is 1. The molecule has 0 aliphatic heterocycles. The summed E-state index contributed by atoms with van der Waals surface area (Å²) in [4.78, 5) is 14.9. The van der Waals surface area contributed by atoms with E-state index in [-0.39, 0.29) is 0 Å². The van der Waals surface area contributed by atoms with Gasteiger partial charge in [0.1, 0.15) is 5.82 Å². The molecule has 2 aromatic rings. The van der Waals surface area contributed by atoms with E-state index in [1.165, 1.54) is 6.20 Å². The van der Waals surface area contributed by atoms with Crippen LogP contribution in [-0.2, 0) is 0 Å². The molecule has 1 amide bonds. The van der Waals surface area contributed by atoms with E-state index in [1.54, 1.807) is 12.1 Å². The van der Waals surface area contributed by atoms with Crippen LogP contribution in [0.25, 0.3) is 0 Å². The highest BCUT2D eigenvalue weighted by molar-refractivity contribution is 5.92. The monoisotopic (exact) mass is 257 g/mol. The van der Waals surface area contributed by atoms with Crippen LogP contribution in [0.2, 0.25) is 0 Å². The molecule has 19 heavy (non-hydrogen) atoms. The van der Waals surface area contributed by atoms with Crippen molar-refractivity contribution in [2.24, 2.45) is 5.73 Å². The van der Waals surface area contributed by atoms with Crippen LogP contribution in [0.15, 0.2) is 48.7 Å². The maximum absolute atomic E-state index is 10.9. The molecule has 1 unspecified atom stereocenters. The number of anilines is 1. The van der Waals surface area contributed by atoms with E-state index >= 15 is 0 Å². The normalized spacial score (nSPS) is 11.8. The molecular formula is C14H15N3O2. The van der Waals surface area contributed by atoms with Crippen LogP contribution < -0.4 is 11.1 Å². The van der Waals surface area contributed by atoms with E-state index < -0.39 is 12.0 Å². The van der Waals surface area contributed by atoms with Crippen molar-refractivity contribution in [3.05, 3.63) is 59.8 Å². The van der Waals surface area contributed by atoms with Crippen molar-refractivity contribution in [3.8, 4) is 0 Å². The summed E-state index contributed by atoms with van der Waals surface area (Å²) in [5, 5.41) is 13.0. The topological polar surface area (TPSA) is 88.2 Å². The molecule has 0 aliphatic carbocycles. The van der Waals surface area contributed by atoms with E-state index in [0.29, 0.717) is 17.9 Å². The lowest BCUT2D eigenvalue weighted by Gasteiger charge is -2.12. The van der Waals surface area contributed by atoms with Crippen LogP contribution in [0.5, 0.6) is 0 Å². The second-order valence-corrected chi connectivity index (χ2v) is 4.10. The van der Waals surface area contributed by atoms with Gasteiger partial charge in [-0.2, -0.15) is 0 Å². The number of carbonyl (C=O) groups excluding carboxylic acids is 1. The maximum Gasteiger partial charge on any atom is 0.250 e. The number of amides is 1. The maximum atomic E-state index is 10.9. The van der Waals surface area contributed by atoms with Crippen LogP contribution in [-0.4, -0.2) is 22.5 Å². The third kappa shape index (κ3) is 3.53. The minimum absolute atomic E-state index is 0.340. The lowest BCUT2D eigenvalue weighted by atomic mass is 10.1. The average Bonchev–Trinajstić information content (AvgIpc) is 2.46. The third-order valence-electron chi connectivity index (χ3n) is 2.71. The molecule has 0 radical (unpaired) electrons. The van der Waals surface area contributed by atoms with Gasteiger partial charge in [-0.05, 0) is 17.7 Å². The minimum atomic E-state index is -0.612. The van der Waals surface area contributed by atoms with Gasteiger partial charge in [-0.25, -0.2) is 4.98 Å². The van der Waals surface area contributed by atoms with Gasteiger partial charge in [-0.15, -0.1) is 0 Å². The van der Waals surface area contributed by atoms with Gasteiger partial charge in [-0.1, -0.05) is 30.3 Å². The van der Waals surface area contributed by atoms with Crippen LogP contribution in [0, 0.1) is 0 Å². The fourth-order valence-electron chi connectivity index (χ4n) is 1.64. The fraction of sp³-hybridized carbons (Fsp3) is 0.143. The zero-order valence-electron chi connectivity index (χ0n) is 10.3. The summed E-state index contributed by atoms with van der Waals surface area (Å²) in [7, 11) is 0. The smallest absolute Gasteiger partial charge is 0.250 e. The summed E-state index contributed by atoms with van der Waals surface area (Å²) in [5.74, 6) is 0.0725. The summed E-state index contributed by atoms with van der Waals surface area (Å²) < 4.78 is 0. The first-order valence-corrected chi connectivity index (χ1v) is 5.89. The number of nitrogens with one attached hydrogen (secondary N) is 1. The molecule has 0 spiro atoms. The van der Waals surface area contributed by atoms with E-state index in [9.17, 15) is 9.90 Å². The molecule has 5 heteroatoms. The number of aliphatic hydroxyl groups excluding tert-OH is 1. The molecule has 0 aliphatic rings. The van der Waals surface area contributed by atoms with E-state index in [1.807, 2.05) is 30.3 Å². The molecule has 98 valence electrons. The molecule has 1 aromatic heterocycles. The van der Waals surface area contributed by atoms with Gasteiger partial charge >= 0.3 is 0 Å². The second-order valence-electron chi connectivity index (χ2n) is 4.10. The Morgan fingerprint density at radius 1 is 1.26 bits per heavy atom. The third-order valence-corrected chi connectivity index (χ3v) is 2.71. The molecule has 0 fully saturated rings. The van der Waals surface area contributed by atoms with Crippen molar-refractivity contribution >= 4 is 11.7 Å². The molecule has 2 rings (SSSR count). The van der Waals surface area contributed by atoms with Crippen molar-refractivity contribution in [1.29, 1.82) is 0 Å². The largest absolute Gasteiger partial charge is 0.387 e. The van der Waals surface area contributed by atoms with Gasteiger partial charge in [0.05, 0.1) is 11.7 Å². The van der Waals surface area contributed by atoms with E-state index in [4.69, 9.17) is 5.73 Å². The highest BCUT2D eigenvalue weighted by Crippen LogP contribution is 2.13. The van der Waals surface area contributed by atoms with Crippen LogP contribution >= 0.6 is 0 Å². The molecule has 0 saturated carbocycles. The van der Waals surface area contributed by atoms with E-state index in [2.05, 4.69) is 10.3 Å². The molecular weight excluding hydrogens is 242 g/mol. The predicted molar refractivity (Wildman–Crippen MR) is 72.6 cm³/mol. The summed E-state index contributed by atoms with van der Waals surface area (Å²) in [6.45, 7) is 0.340. The number of pyridine rings is 1. The summed E-state index contributed by atoms with van der Waals surface area (Å²) in [6.07, 6.45) is 0.790. The number of carbonyl (C=O) groups is 1. The average molecular weight is 257 g/mol. The van der Waals surface area contributed by atoms with Gasteiger partial charge < -0.3 is 16.2 Å².